The maximum Gasteiger partial charge on any atom is 0.223 e. The predicted molar refractivity (Wildman–Crippen MR) is 90.1 cm³/mol. The number of aliphatic imine (C=N–C) groups is 1. The minimum atomic E-state index is 0.155. The summed E-state index contributed by atoms with van der Waals surface area (Å²) in [7, 11) is 0. The van der Waals surface area contributed by atoms with Crippen molar-refractivity contribution in [3.8, 4) is 0 Å². The summed E-state index contributed by atoms with van der Waals surface area (Å²) in [5, 5.41) is 9.51. The first-order valence-corrected chi connectivity index (χ1v) is 8.74. The molecular formula is C16H29N5O2. The van der Waals surface area contributed by atoms with E-state index in [0.717, 1.165) is 44.9 Å². The Labute approximate surface area is 138 Å². The minimum absolute atomic E-state index is 0.155. The molecule has 2 rings (SSSR count). The molecule has 3 N–H and O–H groups in total. The third-order valence-corrected chi connectivity index (χ3v) is 4.16. The van der Waals surface area contributed by atoms with Crippen LogP contribution in [0.15, 0.2) is 4.99 Å². The van der Waals surface area contributed by atoms with E-state index in [2.05, 4.69) is 20.9 Å². The summed E-state index contributed by atoms with van der Waals surface area (Å²) in [6, 6.07) is 0.240. The highest BCUT2D eigenvalue weighted by Crippen LogP contribution is 2.28. The lowest BCUT2D eigenvalue weighted by atomic mass is 10.3. The van der Waals surface area contributed by atoms with Crippen molar-refractivity contribution in [1.82, 2.24) is 20.9 Å². The average Bonchev–Trinajstić information content (AvgIpc) is 3.30. The van der Waals surface area contributed by atoms with E-state index in [1.165, 1.54) is 0 Å². The molecule has 7 nitrogen and oxygen atoms in total. The number of amides is 2. The number of hydrogen-bond donors (Lipinski definition) is 3. The second-order valence-corrected chi connectivity index (χ2v) is 6.15. The van der Waals surface area contributed by atoms with E-state index >= 15 is 0 Å². The van der Waals surface area contributed by atoms with Gasteiger partial charge in [-0.05, 0) is 26.2 Å². The minimum Gasteiger partial charge on any atom is -0.357 e. The zero-order chi connectivity index (χ0) is 16.7. The largest absolute Gasteiger partial charge is 0.357 e. The molecule has 0 bridgehead atoms. The summed E-state index contributed by atoms with van der Waals surface area (Å²) in [5.74, 6) is 1.36. The highest BCUT2D eigenvalue weighted by Gasteiger charge is 2.29. The van der Waals surface area contributed by atoms with Crippen molar-refractivity contribution < 1.29 is 9.59 Å². The standard InChI is InChI=1S/C16H29N5O2/c1-3-14(22)21-10-7-13(11-21)20-16(17-4-2)19-9-8-18-15(23)12-5-6-12/h12-13H,3-11H2,1-2H3,(H,18,23)(H2,17,19,20). The van der Waals surface area contributed by atoms with E-state index in [1.54, 1.807) is 0 Å². The van der Waals surface area contributed by atoms with Gasteiger partial charge in [0.2, 0.25) is 11.8 Å². The fourth-order valence-electron chi connectivity index (χ4n) is 2.68. The van der Waals surface area contributed by atoms with Crippen LogP contribution in [0.2, 0.25) is 0 Å². The summed E-state index contributed by atoms with van der Waals surface area (Å²) in [5.41, 5.74) is 0. The smallest absolute Gasteiger partial charge is 0.223 e. The Morgan fingerprint density at radius 2 is 1.96 bits per heavy atom. The topological polar surface area (TPSA) is 85.8 Å². The van der Waals surface area contributed by atoms with Crippen molar-refractivity contribution >= 4 is 17.8 Å². The SMILES string of the molecule is CCNC(=NCCNC(=O)C1CC1)NC1CCN(C(=O)CC)C1. The van der Waals surface area contributed by atoms with Gasteiger partial charge >= 0.3 is 0 Å². The van der Waals surface area contributed by atoms with Gasteiger partial charge in [0.15, 0.2) is 5.96 Å². The summed E-state index contributed by atoms with van der Waals surface area (Å²) in [6.45, 7) is 7.36. The first-order chi connectivity index (χ1) is 11.1. The predicted octanol–water partition coefficient (Wildman–Crippen LogP) is 0.0786. The van der Waals surface area contributed by atoms with Crippen LogP contribution in [0.1, 0.15) is 39.5 Å². The Morgan fingerprint density at radius 3 is 2.61 bits per heavy atom. The van der Waals surface area contributed by atoms with Crippen molar-refractivity contribution in [1.29, 1.82) is 0 Å². The molecule has 1 aliphatic heterocycles. The summed E-state index contributed by atoms with van der Waals surface area (Å²) >= 11 is 0. The molecule has 0 aromatic carbocycles. The normalized spacial score (nSPS) is 21.2. The lowest BCUT2D eigenvalue weighted by Gasteiger charge is -2.18. The number of rotatable bonds is 7. The molecule has 1 atom stereocenters. The van der Waals surface area contributed by atoms with Crippen molar-refractivity contribution in [3.63, 3.8) is 0 Å². The number of nitrogens with zero attached hydrogens (tertiary/aromatic N) is 2. The van der Waals surface area contributed by atoms with Crippen molar-refractivity contribution in [2.45, 2.75) is 45.6 Å². The highest BCUT2D eigenvalue weighted by molar-refractivity contribution is 5.81. The first kappa shape index (κ1) is 17.6. The zero-order valence-corrected chi connectivity index (χ0v) is 14.2. The number of hydrogen-bond acceptors (Lipinski definition) is 3. The molecule has 2 amide bonds. The third-order valence-electron chi connectivity index (χ3n) is 4.16. The van der Waals surface area contributed by atoms with Crippen LogP contribution in [-0.4, -0.2) is 61.4 Å². The maximum absolute atomic E-state index is 11.7. The zero-order valence-electron chi connectivity index (χ0n) is 14.2. The van der Waals surface area contributed by atoms with Crippen LogP contribution >= 0.6 is 0 Å². The van der Waals surface area contributed by atoms with Crippen LogP contribution in [0.4, 0.5) is 0 Å². The molecule has 2 aliphatic rings. The Bertz CT molecular complexity index is 448. The van der Waals surface area contributed by atoms with Gasteiger partial charge in [0.25, 0.3) is 0 Å². The van der Waals surface area contributed by atoms with Crippen LogP contribution < -0.4 is 16.0 Å². The van der Waals surface area contributed by atoms with E-state index in [0.29, 0.717) is 19.5 Å². The fraction of sp³-hybridized carbons (Fsp3) is 0.812. The van der Waals surface area contributed by atoms with Crippen molar-refractivity contribution in [2.75, 3.05) is 32.7 Å². The Balaban J connectivity index is 1.73. The fourth-order valence-corrected chi connectivity index (χ4v) is 2.68. The van der Waals surface area contributed by atoms with E-state index < -0.39 is 0 Å². The average molecular weight is 323 g/mol. The van der Waals surface area contributed by atoms with Gasteiger partial charge in [-0.1, -0.05) is 6.92 Å². The van der Waals surface area contributed by atoms with E-state index in [4.69, 9.17) is 0 Å². The van der Waals surface area contributed by atoms with Crippen LogP contribution in [0.25, 0.3) is 0 Å². The molecule has 130 valence electrons. The Kier molecular flexibility index (Phi) is 6.67. The molecule has 0 aromatic rings. The van der Waals surface area contributed by atoms with Gasteiger partial charge in [-0.15, -0.1) is 0 Å². The van der Waals surface area contributed by atoms with E-state index in [9.17, 15) is 9.59 Å². The number of guanidine groups is 1. The van der Waals surface area contributed by atoms with Gasteiger partial charge in [-0.3, -0.25) is 14.6 Å². The molecule has 7 heteroatoms. The van der Waals surface area contributed by atoms with Gasteiger partial charge in [-0.2, -0.15) is 0 Å². The Hall–Kier alpha value is -1.79. The van der Waals surface area contributed by atoms with Crippen molar-refractivity contribution in [2.24, 2.45) is 10.9 Å². The molecule has 1 aliphatic carbocycles. The van der Waals surface area contributed by atoms with Gasteiger partial charge < -0.3 is 20.9 Å². The second-order valence-electron chi connectivity index (χ2n) is 6.15. The van der Waals surface area contributed by atoms with Crippen LogP contribution in [0.5, 0.6) is 0 Å². The molecule has 0 radical (unpaired) electrons. The third kappa shape index (κ3) is 5.73. The van der Waals surface area contributed by atoms with E-state index in [-0.39, 0.29) is 23.8 Å². The van der Waals surface area contributed by atoms with Gasteiger partial charge in [0.1, 0.15) is 0 Å². The molecule has 1 unspecified atom stereocenters. The van der Waals surface area contributed by atoms with Crippen LogP contribution in [0, 0.1) is 5.92 Å². The molecule has 0 spiro atoms. The number of nitrogens with one attached hydrogen (secondary N) is 3. The van der Waals surface area contributed by atoms with Gasteiger partial charge in [0.05, 0.1) is 6.54 Å². The molecule has 1 saturated carbocycles. The summed E-state index contributed by atoms with van der Waals surface area (Å²) in [6.07, 6.45) is 3.54. The summed E-state index contributed by atoms with van der Waals surface area (Å²) in [4.78, 5) is 29.7. The number of carbonyl (C=O) groups excluding carboxylic acids is 2. The first-order valence-electron chi connectivity index (χ1n) is 8.74. The monoisotopic (exact) mass is 323 g/mol. The van der Waals surface area contributed by atoms with Crippen LogP contribution in [-0.2, 0) is 9.59 Å². The maximum atomic E-state index is 11.7. The molecule has 2 fully saturated rings. The number of likely N-dealkylation sites (tertiary alicyclic amines) is 1. The molecule has 23 heavy (non-hydrogen) atoms. The summed E-state index contributed by atoms with van der Waals surface area (Å²) < 4.78 is 0. The van der Waals surface area contributed by atoms with Crippen LogP contribution in [0.3, 0.4) is 0 Å². The second kappa shape index (κ2) is 8.74. The lowest BCUT2D eigenvalue weighted by Crippen LogP contribution is -2.45. The molecular weight excluding hydrogens is 294 g/mol. The van der Waals surface area contributed by atoms with Crippen molar-refractivity contribution in [3.05, 3.63) is 0 Å². The number of carbonyl (C=O) groups is 2. The lowest BCUT2D eigenvalue weighted by molar-refractivity contribution is -0.129. The Morgan fingerprint density at radius 1 is 1.17 bits per heavy atom. The molecule has 1 saturated heterocycles. The van der Waals surface area contributed by atoms with E-state index in [1.807, 2.05) is 18.7 Å². The quantitative estimate of drug-likeness (QED) is 0.352. The molecule has 0 aromatic heterocycles. The van der Waals surface area contributed by atoms with Gasteiger partial charge in [-0.25, -0.2) is 0 Å². The van der Waals surface area contributed by atoms with Gasteiger partial charge in [0, 0.05) is 44.6 Å². The molecule has 1 heterocycles. The highest BCUT2D eigenvalue weighted by atomic mass is 16.2.